The van der Waals surface area contributed by atoms with Gasteiger partial charge in [0, 0.05) is 0 Å². The second kappa shape index (κ2) is 5.96. The third-order valence-electron chi connectivity index (χ3n) is 2.84. The van der Waals surface area contributed by atoms with E-state index in [1.165, 1.54) is 12.1 Å². The van der Waals surface area contributed by atoms with Crippen molar-refractivity contribution >= 4 is 0 Å². The summed E-state index contributed by atoms with van der Waals surface area (Å²) in [7, 11) is 0. The zero-order valence-electron chi connectivity index (χ0n) is 10.6. The van der Waals surface area contributed by atoms with E-state index < -0.39 is 17.8 Å². The van der Waals surface area contributed by atoms with E-state index in [-0.39, 0.29) is 6.61 Å². The minimum Gasteiger partial charge on any atom is -0.492 e. The highest BCUT2D eigenvalue weighted by Crippen LogP contribution is 2.29. The summed E-state index contributed by atoms with van der Waals surface area (Å²) in [6.07, 6.45) is -4.33. The summed E-state index contributed by atoms with van der Waals surface area (Å²) in [5, 5.41) is 0. The molecular formula is C15H14F3NO. The van der Waals surface area contributed by atoms with Gasteiger partial charge in [-0.05, 0) is 29.8 Å². The zero-order valence-corrected chi connectivity index (χ0v) is 10.6. The van der Waals surface area contributed by atoms with E-state index in [0.29, 0.717) is 11.3 Å². The van der Waals surface area contributed by atoms with Crippen LogP contribution in [0.25, 0.3) is 0 Å². The smallest absolute Gasteiger partial charge is 0.416 e. The molecule has 5 heteroatoms. The van der Waals surface area contributed by atoms with Crippen LogP contribution < -0.4 is 10.5 Å². The molecule has 0 amide bonds. The lowest BCUT2D eigenvalue weighted by atomic mass is 10.1. The minimum atomic E-state index is -4.33. The molecule has 0 heterocycles. The highest BCUT2D eigenvalue weighted by atomic mass is 19.4. The molecule has 0 aliphatic rings. The number of nitrogens with two attached hydrogens (primary N) is 1. The lowest BCUT2D eigenvalue weighted by molar-refractivity contribution is -0.137. The van der Waals surface area contributed by atoms with Crippen LogP contribution in [0, 0.1) is 0 Å². The Bertz CT molecular complexity index is 537. The predicted molar refractivity (Wildman–Crippen MR) is 70.3 cm³/mol. The number of para-hydroxylation sites is 1. The summed E-state index contributed by atoms with van der Waals surface area (Å²) >= 11 is 0. The van der Waals surface area contributed by atoms with Crippen LogP contribution in [0.3, 0.4) is 0 Å². The van der Waals surface area contributed by atoms with E-state index in [2.05, 4.69) is 0 Å². The first-order chi connectivity index (χ1) is 9.47. The molecule has 0 bridgehead atoms. The van der Waals surface area contributed by atoms with Gasteiger partial charge < -0.3 is 10.5 Å². The number of hydrogen-bond acceptors (Lipinski definition) is 2. The van der Waals surface area contributed by atoms with Gasteiger partial charge in [0.25, 0.3) is 0 Å². The molecule has 0 spiro atoms. The number of hydrogen-bond donors (Lipinski definition) is 1. The van der Waals surface area contributed by atoms with Crippen LogP contribution in [-0.4, -0.2) is 6.61 Å². The SMILES string of the molecule is NC(COc1ccccc1)c1ccc(C(F)(F)F)cc1. The molecule has 2 aromatic carbocycles. The molecular weight excluding hydrogens is 267 g/mol. The highest BCUT2D eigenvalue weighted by Gasteiger charge is 2.30. The standard InChI is InChI=1S/C15H14F3NO/c16-15(17,18)12-8-6-11(7-9-12)14(19)10-20-13-4-2-1-3-5-13/h1-9,14H,10,19H2. The Hall–Kier alpha value is -2.01. The van der Waals surface area contributed by atoms with Gasteiger partial charge in [-0.25, -0.2) is 0 Å². The molecule has 2 N–H and O–H groups in total. The quantitative estimate of drug-likeness (QED) is 0.925. The molecule has 20 heavy (non-hydrogen) atoms. The van der Waals surface area contributed by atoms with E-state index in [4.69, 9.17) is 10.5 Å². The fourth-order valence-corrected chi connectivity index (χ4v) is 1.72. The topological polar surface area (TPSA) is 35.2 Å². The Morgan fingerprint density at radius 2 is 1.55 bits per heavy atom. The lowest BCUT2D eigenvalue weighted by Crippen LogP contribution is -2.19. The van der Waals surface area contributed by atoms with Crippen molar-refractivity contribution in [1.82, 2.24) is 0 Å². The van der Waals surface area contributed by atoms with Gasteiger partial charge in [-0.3, -0.25) is 0 Å². The highest BCUT2D eigenvalue weighted by molar-refractivity contribution is 5.27. The van der Waals surface area contributed by atoms with Gasteiger partial charge in [0.15, 0.2) is 0 Å². The maximum Gasteiger partial charge on any atom is 0.416 e. The fourth-order valence-electron chi connectivity index (χ4n) is 1.72. The molecule has 2 rings (SSSR count). The molecule has 0 saturated heterocycles. The summed E-state index contributed by atoms with van der Waals surface area (Å²) in [4.78, 5) is 0. The Balaban J connectivity index is 1.97. The molecule has 0 aliphatic carbocycles. The maximum absolute atomic E-state index is 12.4. The minimum absolute atomic E-state index is 0.204. The largest absolute Gasteiger partial charge is 0.492 e. The first-order valence-corrected chi connectivity index (χ1v) is 6.07. The van der Waals surface area contributed by atoms with Gasteiger partial charge in [-0.15, -0.1) is 0 Å². The number of benzene rings is 2. The third-order valence-corrected chi connectivity index (χ3v) is 2.84. The lowest BCUT2D eigenvalue weighted by Gasteiger charge is -2.14. The Morgan fingerprint density at radius 3 is 2.10 bits per heavy atom. The van der Waals surface area contributed by atoms with Gasteiger partial charge in [0.2, 0.25) is 0 Å². The van der Waals surface area contributed by atoms with Crippen molar-refractivity contribution in [2.75, 3.05) is 6.61 Å². The molecule has 2 nitrogen and oxygen atoms in total. The molecule has 0 fully saturated rings. The normalized spacial score (nSPS) is 13.0. The van der Waals surface area contributed by atoms with Crippen molar-refractivity contribution in [3.05, 3.63) is 65.7 Å². The monoisotopic (exact) mass is 281 g/mol. The summed E-state index contributed by atoms with van der Waals surface area (Å²) in [6, 6.07) is 13.4. The molecule has 0 radical (unpaired) electrons. The number of rotatable bonds is 4. The van der Waals surface area contributed by atoms with Crippen molar-refractivity contribution in [2.24, 2.45) is 5.73 Å². The number of alkyl halides is 3. The second-order valence-corrected chi connectivity index (χ2v) is 4.35. The number of ether oxygens (including phenoxy) is 1. The Morgan fingerprint density at radius 1 is 0.950 bits per heavy atom. The van der Waals surface area contributed by atoms with Gasteiger partial charge in [0.1, 0.15) is 12.4 Å². The summed E-state index contributed by atoms with van der Waals surface area (Å²) < 4.78 is 42.8. The molecule has 0 aromatic heterocycles. The van der Waals surface area contributed by atoms with Gasteiger partial charge >= 0.3 is 6.18 Å². The number of halogens is 3. The Kier molecular flexibility index (Phi) is 4.29. The fraction of sp³-hybridized carbons (Fsp3) is 0.200. The third kappa shape index (κ3) is 3.74. The van der Waals surface area contributed by atoms with Crippen molar-refractivity contribution in [1.29, 1.82) is 0 Å². The second-order valence-electron chi connectivity index (χ2n) is 4.35. The maximum atomic E-state index is 12.4. The first-order valence-electron chi connectivity index (χ1n) is 6.07. The molecule has 1 unspecified atom stereocenters. The van der Waals surface area contributed by atoms with Crippen LogP contribution in [0.5, 0.6) is 5.75 Å². The van der Waals surface area contributed by atoms with Crippen LogP contribution in [0.1, 0.15) is 17.2 Å². The van der Waals surface area contributed by atoms with Crippen LogP contribution >= 0.6 is 0 Å². The van der Waals surface area contributed by atoms with Crippen LogP contribution in [0.4, 0.5) is 13.2 Å². The van der Waals surface area contributed by atoms with E-state index >= 15 is 0 Å². The summed E-state index contributed by atoms with van der Waals surface area (Å²) in [6.45, 7) is 0.204. The van der Waals surface area contributed by atoms with Gasteiger partial charge in [-0.1, -0.05) is 30.3 Å². The molecule has 106 valence electrons. The molecule has 0 aliphatic heterocycles. The van der Waals surface area contributed by atoms with Crippen molar-refractivity contribution in [2.45, 2.75) is 12.2 Å². The predicted octanol–water partition coefficient (Wildman–Crippen LogP) is 3.78. The van der Waals surface area contributed by atoms with Crippen LogP contribution in [0.2, 0.25) is 0 Å². The first kappa shape index (κ1) is 14.4. The van der Waals surface area contributed by atoms with E-state index in [1.54, 1.807) is 12.1 Å². The van der Waals surface area contributed by atoms with E-state index in [0.717, 1.165) is 12.1 Å². The van der Waals surface area contributed by atoms with Crippen molar-refractivity contribution < 1.29 is 17.9 Å². The van der Waals surface area contributed by atoms with E-state index in [9.17, 15) is 13.2 Å². The summed E-state index contributed by atoms with van der Waals surface area (Å²) in [5.41, 5.74) is 5.82. The Labute approximate surface area is 115 Å². The average Bonchev–Trinajstić information content (AvgIpc) is 2.45. The molecule has 1 atom stereocenters. The molecule has 2 aromatic rings. The molecule has 0 saturated carbocycles. The van der Waals surface area contributed by atoms with Crippen LogP contribution in [0.15, 0.2) is 54.6 Å². The van der Waals surface area contributed by atoms with Gasteiger partial charge in [0.05, 0.1) is 11.6 Å². The van der Waals surface area contributed by atoms with Crippen molar-refractivity contribution in [3.63, 3.8) is 0 Å². The average molecular weight is 281 g/mol. The van der Waals surface area contributed by atoms with Crippen LogP contribution in [-0.2, 0) is 6.18 Å². The zero-order chi connectivity index (χ0) is 14.6. The van der Waals surface area contributed by atoms with Gasteiger partial charge in [-0.2, -0.15) is 13.2 Å². The van der Waals surface area contributed by atoms with Crippen molar-refractivity contribution in [3.8, 4) is 5.75 Å². The van der Waals surface area contributed by atoms with E-state index in [1.807, 2.05) is 18.2 Å². The summed E-state index contributed by atoms with van der Waals surface area (Å²) in [5.74, 6) is 0.676.